The quantitative estimate of drug-likeness (QED) is 0.833. The molecule has 0 spiro atoms. The largest absolute Gasteiger partial charge is 0.494 e. The maximum absolute atomic E-state index is 14.0. The number of ether oxygens (including phenoxy) is 1. The van der Waals surface area contributed by atoms with Gasteiger partial charge in [-0.1, -0.05) is 24.3 Å². The molecule has 0 aliphatic rings. The van der Waals surface area contributed by atoms with Crippen LogP contribution in [0.15, 0.2) is 42.5 Å². The van der Waals surface area contributed by atoms with Gasteiger partial charge in [0, 0.05) is 0 Å². The number of carboxylic acids is 1. The number of benzene rings is 2. The molecule has 2 aromatic carbocycles. The Hall–Kier alpha value is -2.43. The molecule has 2 rings (SSSR count). The summed E-state index contributed by atoms with van der Waals surface area (Å²) in [7, 11) is 1.40. The summed E-state index contributed by atoms with van der Waals surface area (Å²) in [5.74, 6) is -2.34. The minimum Gasteiger partial charge on any atom is -0.494 e. The number of methoxy groups -OCH3 is 1. The van der Waals surface area contributed by atoms with E-state index in [0.717, 1.165) is 0 Å². The predicted octanol–water partition coefficient (Wildman–Crippen LogP) is 4.16. The van der Waals surface area contributed by atoms with E-state index in [0.29, 0.717) is 30.4 Å². The molecule has 23 heavy (non-hydrogen) atoms. The number of hydrogen-bond donors (Lipinski definition) is 1. The molecule has 0 amide bonds. The molecule has 0 aromatic heterocycles. The maximum Gasteiger partial charge on any atom is 0.310 e. The average molecular weight is 320 g/mol. The topological polar surface area (TPSA) is 46.5 Å². The van der Waals surface area contributed by atoms with E-state index in [1.54, 1.807) is 12.1 Å². The van der Waals surface area contributed by atoms with Crippen molar-refractivity contribution in [3.8, 4) is 5.75 Å². The van der Waals surface area contributed by atoms with Crippen molar-refractivity contribution in [2.75, 3.05) is 7.11 Å². The second kappa shape index (κ2) is 7.72. The Bertz CT molecular complexity index is 668. The lowest BCUT2D eigenvalue weighted by Gasteiger charge is -2.13. The van der Waals surface area contributed by atoms with Gasteiger partial charge < -0.3 is 9.84 Å². The molecule has 2 aromatic rings. The fourth-order valence-corrected chi connectivity index (χ4v) is 2.53. The van der Waals surface area contributed by atoms with Gasteiger partial charge in [0.05, 0.1) is 13.0 Å². The van der Waals surface area contributed by atoms with Crippen LogP contribution >= 0.6 is 0 Å². The van der Waals surface area contributed by atoms with Crippen molar-refractivity contribution < 1.29 is 23.4 Å². The van der Waals surface area contributed by atoms with Crippen molar-refractivity contribution in [3.63, 3.8) is 0 Å². The van der Waals surface area contributed by atoms with E-state index < -0.39 is 23.5 Å². The lowest BCUT2D eigenvalue weighted by molar-refractivity contribution is -0.139. The van der Waals surface area contributed by atoms with Crippen LogP contribution in [0.3, 0.4) is 0 Å². The standard InChI is InChI=1S/C18H18F2O3/c1-23-16-7-3-5-13(17(16)20)4-2-6-15(18(21)22)12-8-10-14(19)11-9-12/h3,5,7-11,15H,2,4,6H2,1H3,(H,21,22). The molecule has 5 heteroatoms. The number of hydrogen-bond acceptors (Lipinski definition) is 2. The molecule has 0 heterocycles. The van der Waals surface area contributed by atoms with Crippen LogP contribution in [0.4, 0.5) is 8.78 Å². The molecule has 1 atom stereocenters. The zero-order valence-electron chi connectivity index (χ0n) is 12.8. The SMILES string of the molecule is COc1cccc(CCCC(C(=O)O)c2ccc(F)cc2)c1F. The van der Waals surface area contributed by atoms with Crippen LogP contribution < -0.4 is 4.74 Å². The minimum atomic E-state index is -0.970. The lowest BCUT2D eigenvalue weighted by atomic mass is 9.92. The van der Waals surface area contributed by atoms with Crippen molar-refractivity contribution in [2.45, 2.75) is 25.2 Å². The van der Waals surface area contributed by atoms with Crippen LogP contribution in [-0.4, -0.2) is 18.2 Å². The molecule has 0 fully saturated rings. The van der Waals surface area contributed by atoms with Crippen molar-refractivity contribution in [1.29, 1.82) is 0 Å². The number of halogens is 2. The highest BCUT2D eigenvalue weighted by Crippen LogP contribution is 2.25. The van der Waals surface area contributed by atoms with Gasteiger partial charge in [-0.15, -0.1) is 0 Å². The highest BCUT2D eigenvalue weighted by Gasteiger charge is 2.20. The predicted molar refractivity (Wildman–Crippen MR) is 82.7 cm³/mol. The molecule has 0 radical (unpaired) electrons. The van der Waals surface area contributed by atoms with E-state index in [2.05, 4.69) is 0 Å². The van der Waals surface area contributed by atoms with Crippen molar-refractivity contribution >= 4 is 5.97 Å². The third kappa shape index (κ3) is 4.28. The molecule has 0 aliphatic carbocycles. The molecule has 3 nitrogen and oxygen atoms in total. The summed E-state index contributed by atoms with van der Waals surface area (Å²) in [5.41, 5.74) is 1.04. The zero-order chi connectivity index (χ0) is 16.8. The van der Waals surface area contributed by atoms with Gasteiger partial charge in [-0.25, -0.2) is 8.78 Å². The molecule has 0 saturated carbocycles. The first-order chi connectivity index (χ1) is 11.0. The molecule has 122 valence electrons. The monoisotopic (exact) mass is 320 g/mol. The van der Waals surface area contributed by atoms with Crippen LogP contribution in [0, 0.1) is 11.6 Å². The second-order valence-corrected chi connectivity index (χ2v) is 5.27. The Morgan fingerprint density at radius 1 is 1.17 bits per heavy atom. The molecule has 1 N–H and O–H groups in total. The molecular weight excluding hydrogens is 302 g/mol. The smallest absolute Gasteiger partial charge is 0.310 e. The Labute approximate surface area is 133 Å². The third-order valence-corrected chi connectivity index (χ3v) is 3.77. The van der Waals surface area contributed by atoms with Crippen LogP contribution in [0.1, 0.15) is 29.9 Å². The molecular formula is C18H18F2O3. The number of carbonyl (C=O) groups is 1. The lowest BCUT2D eigenvalue weighted by Crippen LogP contribution is -2.12. The van der Waals surface area contributed by atoms with Crippen LogP contribution in [0.2, 0.25) is 0 Å². The van der Waals surface area contributed by atoms with Gasteiger partial charge in [0.15, 0.2) is 11.6 Å². The van der Waals surface area contributed by atoms with E-state index in [1.807, 2.05) is 0 Å². The number of carboxylic acid groups (broad SMARTS) is 1. The summed E-state index contributed by atoms with van der Waals surface area (Å²) < 4.78 is 31.9. The van der Waals surface area contributed by atoms with Gasteiger partial charge in [-0.2, -0.15) is 0 Å². The van der Waals surface area contributed by atoms with Crippen LogP contribution in [-0.2, 0) is 11.2 Å². The van der Waals surface area contributed by atoms with Gasteiger partial charge >= 0.3 is 5.97 Å². The average Bonchev–Trinajstić information content (AvgIpc) is 2.54. The first-order valence-corrected chi connectivity index (χ1v) is 7.32. The fraction of sp³-hybridized carbons (Fsp3) is 0.278. The van der Waals surface area contributed by atoms with Crippen molar-refractivity contribution in [1.82, 2.24) is 0 Å². The minimum absolute atomic E-state index is 0.177. The molecule has 0 aliphatic heterocycles. The number of rotatable bonds is 7. The summed E-state index contributed by atoms with van der Waals surface area (Å²) in [4.78, 5) is 11.4. The number of aliphatic carboxylic acids is 1. The van der Waals surface area contributed by atoms with Crippen LogP contribution in [0.5, 0.6) is 5.75 Å². The zero-order valence-corrected chi connectivity index (χ0v) is 12.8. The van der Waals surface area contributed by atoms with Gasteiger partial charge in [-0.05, 0) is 48.6 Å². The van der Waals surface area contributed by atoms with Crippen molar-refractivity contribution in [3.05, 3.63) is 65.2 Å². The summed E-state index contributed by atoms with van der Waals surface area (Å²) in [6.07, 6.45) is 1.25. The Morgan fingerprint density at radius 3 is 2.48 bits per heavy atom. The highest BCUT2D eigenvalue weighted by molar-refractivity contribution is 5.76. The summed E-state index contributed by atoms with van der Waals surface area (Å²) in [6.45, 7) is 0. The molecule has 0 saturated heterocycles. The van der Waals surface area contributed by atoms with Crippen molar-refractivity contribution in [2.24, 2.45) is 0 Å². The summed E-state index contributed by atoms with van der Waals surface area (Å²) in [6, 6.07) is 10.3. The Balaban J connectivity index is 2.03. The first-order valence-electron chi connectivity index (χ1n) is 7.32. The van der Waals surface area contributed by atoms with Gasteiger partial charge in [0.1, 0.15) is 5.82 Å². The molecule has 0 bridgehead atoms. The van der Waals surface area contributed by atoms with E-state index in [1.165, 1.54) is 37.4 Å². The van der Waals surface area contributed by atoms with Crippen LogP contribution in [0.25, 0.3) is 0 Å². The fourth-order valence-electron chi connectivity index (χ4n) is 2.53. The number of aryl methyl sites for hydroxylation is 1. The van der Waals surface area contributed by atoms with Gasteiger partial charge in [-0.3, -0.25) is 4.79 Å². The second-order valence-electron chi connectivity index (χ2n) is 5.27. The van der Waals surface area contributed by atoms with E-state index in [-0.39, 0.29) is 5.75 Å². The normalized spacial score (nSPS) is 12.0. The van der Waals surface area contributed by atoms with E-state index in [4.69, 9.17) is 4.74 Å². The highest BCUT2D eigenvalue weighted by atomic mass is 19.1. The first kappa shape index (κ1) is 16.9. The summed E-state index contributed by atoms with van der Waals surface area (Å²) >= 11 is 0. The third-order valence-electron chi connectivity index (χ3n) is 3.77. The van der Waals surface area contributed by atoms with Gasteiger partial charge in [0.2, 0.25) is 0 Å². The Kier molecular flexibility index (Phi) is 5.68. The Morgan fingerprint density at radius 2 is 1.87 bits per heavy atom. The van der Waals surface area contributed by atoms with Gasteiger partial charge in [0.25, 0.3) is 0 Å². The van der Waals surface area contributed by atoms with E-state index >= 15 is 0 Å². The summed E-state index contributed by atoms with van der Waals surface area (Å²) in [5, 5.41) is 9.34. The van der Waals surface area contributed by atoms with E-state index in [9.17, 15) is 18.7 Å². The molecule has 1 unspecified atom stereocenters. The maximum atomic E-state index is 14.0.